The van der Waals surface area contributed by atoms with Crippen molar-refractivity contribution in [3.8, 4) is 0 Å². The second-order valence-corrected chi connectivity index (χ2v) is 4.62. The molecular formula is C13H15NO2. The summed E-state index contributed by atoms with van der Waals surface area (Å²) in [5.74, 6) is -0.00754. The molecule has 1 heterocycles. The van der Waals surface area contributed by atoms with E-state index in [0.717, 1.165) is 5.56 Å². The Morgan fingerprint density at radius 1 is 1.12 bits per heavy atom. The first-order valence-corrected chi connectivity index (χ1v) is 5.50. The zero-order valence-electron chi connectivity index (χ0n) is 9.70. The normalized spacial score (nSPS) is 16.2. The predicted molar refractivity (Wildman–Crippen MR) is 62.7 cm³/mol. The van der Waals surface area contributed by atoms with E-state index < -0.39 is 11.7 Å². The molecule has 0 aromatic heterocycles. The van der Waals surface area contributed by atoms with Crippen LogP contribution in [0.3, 0.4) is 0 Å². The van der Waals surface area contributed by atoms with E-state index in [1.54, 1.807) is 6.07 Å². The summed E-state index contributed by atoms with van der Waals surface area (Å²) in [4.78, 5) is 22.6. The molecule has 0 saturated heterocycles. The molecule has 1 aromatic rings. The average molecular weight is 217 g/mol. The lowest BCUT2D eigenvalue weighted by atomic mass is 9.89. The molecule has 84 valence electrons. The minimum absolute atomic E-state index is 0.415. The lowest BCUT2D eigenvalue weighted by Gasteiger charge is -2.16. The highest BCUT2D eigenvalue weighted by molar-refractivity contribution is 6.51. The summed E-state index contributed by atoms with van der Waals surface area (Å²) in [6.45, 7) is 6.45. The number of benzene rings is 1. The maximum atomic E-state index is 11.4. The van der Waals surface area contributed by atoms with Crippen LogP contribution in [-0.2, 0) is 4.79 Å². The molecule has 1 unspecified atom stereocenters. The minimum Gasteiger partial charge on any atom is -0.318 e. The third-order valence-corrected chi connectivity index (χ3v) is 3.27. The molecule has 0 radical (unpaired) electrons. The van der Waals surface area contributed by atoms with E-state index in [1.165, 1.54) is 0 Å². The van der Waals surface area contributed by atoms with Crippen LogP contribution in [0.5, 0.6) is 0 Å². The summed E-state index contributed by atoms with van der Waals surface area (Å²) < 4.78 is 0. The number of rotatable bonds is 2. The molecule has 1 aromatic carbocycles. The topological polar surface area (TPSA) is 46.2 Å². The smallest absolute Gasteiger partial charge is 0.296 e. The standard InChI is InChI=1S/C13H15NO2/c1-7(2)8(3)9-4-5-10-11(6-9)14-13(16)12(10)15/h4-8H,1-3H3,(H,14,15,16). The van der Waals surface area contributed by atoms with Crippen molar-refractivity contribution >= 4 is 17.4 Å². The highest BCUT2D eigenvalue weighted by Crippen LogP contribution is 2.30. The number of carbonyl (C=O) groups is 2. The number of anilines is 1. The Balaban J connectivity index is 2.39. The Bertz CT molecular complexity index is 463. The lowest BCUT2D eigenvalue weighted by Crippen LogP contribution is -2.12. The number of carbonyl (C=O) groups excluding carboxylic acids is 2. The fourth-order valence-electron chi connectivity index (χ4n) is 1.83. The molecule has 1 atom stereocenters. The molecule has 0 saturated carbocycles. The predicted octanol–water partition coefficient (Wildman–Crippen LogP) is 2.58. The fraction of sp³-hybridized carbons (Fsp3) is 0.385. The van der Waals surface area contributed by atoms with Crippen molar-refractivity contribution < 1.29 is 9.59 Å². The van der Waals surface area contributed by atoms with Gasteiger partial charge in [0, 0.05) is 0 Å². The van der Waals surface area contributed by atoms with Crippen LogP contribution in [0, 0.1) is 5.92 Å². The van der Waals surface area contributed by atoms with Gasteiger partial charge < -0.3 is 5.32 Å². The maximum absolute atomic E-state index is 11.4. The Labute approximate surface area is 94.9 Å². The first-order chi connectivity index (χ1) is 7.50. The third-order valence-electron chi connectivity index (χ3n) is 3.27. The van der Waals surface area contributed by atoms with Crippen LogP contribution in [-0.4, -0.2) is 11.7 Å². The van der Waals surface area contributed by atoms with Crippen LogP contribution in [0.15, 0.2) is 18.2 Å². The first-order valence-electron chi connectivity index (χ1n) is 5.50. The highest BCUT2D eigenvalue weighted by Gasteiger charge is 2.28. The van der Waals surface area contributed by atoms with Crippen molar-refractivity contribution in [1.29, 1.82) is 0 Å². The number of amides is 1. The number of fused-ring (bicyclic) bond motifs is 1. The van der Waals surface area contributed by atoms with Gasteiger partial charge in [0.15, 0.2) is 0 Å². The molecule has 1 aliphatic rings. The summed E-state index contributed by atoms with van der Waals surface area (Å²) in [6.07, 6.45) is 0. The Morgan fingerprint density at radius 2 is 1.81 bits per heavy atom. The molecule has 3 heteroatoms. The van der Waals surface area contributed by atoms with Gasteiger partial charge in [-0.1, -0.05) is 26.8 Å². The molecule has 1 N–H and O–H groups in total. The van der Waals surface area contributed by atoms with Gasteiger partial charge in [-0.2, -0.15) is 0 Å². The molecular weight excluding hydrogens is 202 g/mol. The molecule has 0 aliphatic carbocycles. The molecule has 0 bridgehead atoms. The largest absolute Gasteiger partial charge is 0.318 e. The van der Waals surface area contributed by atoms with Crippen LogP contribution in [0.2, 0.25) is 0 Å². The monoisotopic (exact) mass is 217 g/mol. The van der Waals surface area contributed by atoms with Crippen LogP contribution in [0.1, 0.15) is 42.6 Å². The molecule has 2 rings (SSSR count). The van der Waals surface area contributed by atoms with Crippen molar-refractivity contribution in [3.05, 3.63) is 29.3 Å². The van der Waals surface area contributed by atoms with Crippen molar-refractivity contribution in [2.75, 3.05) is 5.32 Å². The quantitative estimate of drug-likeness (QED) is 0.774. The van der Waals surface area contributed by atoms with E-state index in [0.29, 0.717) is 23.1 Å². The number of Topliss-reactive ketones (excluding diaryl/α,β-unsaturated/α-hetero) is 1. The van der Waals surface area contributed by atoms with Crippen molar-refractivity contribution in [1.82, 2.24) is 0 Å². The van der Waals surface area contributed by atoms with E-state index in [9.17, 15) is 9.59 Å². The summed E-state index contributed by atoms with van der Waals surface area (Å²) in [7, 11) is 0. The van der Waals surface area contributed by atoms with Gasteiger partial charge in [0.05, 0.1) is 11.3 Å². The lowest BCUT2D eigenvalue weighted by molar-refractivity contribution is -0.112. The number of hydrogen-bond donors (Lipinski definition) is 1. The molecule has 16 heavy (non-hydrogen) atoms. The Kier molecular flexibility index (Phi) is 2.54. The molecule has 1 amide bonds. The van der Waals surface area contributed by atoms with Gasteiger partial charge in [-0.25, -0.2) is 0 Å². The van der Waals surface area contributed by atoms with Crippen molar-refractivity contribution in [2.24, 2.45) is 5.92 Å². The molecule has 0 fully saturated rings. The van der Waals surface area contributed by atoms with Crippen molar-refractivity contribution in [3.63, 3.8) is 0 Å². The fourth-order valence-corrected chi connectivity index (χ4v) is 1.83. The van der Waals surface area contributed by atoms with E-state index in [2.05, 4.69) is 26.1 Å². The van der Waals surface area contributed by atoms with Gasteiger partial charge in [-0.15, -0.1) is 0 Å². The van der Waals surface area contributed by atoms with Crippen LogP contribution >= 0.6 is 0 Å². The zero-order chi connectivity index (χ0) is 11.9. The van der Waals surface area contributed by atoms with E-state index >= 15 is 0 Å². The van der Waals surface area contributed by atoms with Gasteiger partial charge >= 0.3 is 0 Å². The maximum Gasteiger partial charge on any atom is 0.296 e. The van der Waals surface area contributed by atoms with Gasteiger partial charge in [0.2, 0.25) is 0 Å². The zero-order valence-corrected chi connectivity index (χ0v) is 9.70. The molecule has 3 nitrogen and oxygen atoms in total. The van der Waals surface area contributed by atoms with E-state index in [-0.39, 0.29) is 0 Å². The molecule has 0 spiro atoms. The second kappa shape index (κ2) is 3.74. The van der Waals surface area contributed by atoms with Crippen molar-refractivity contribution in [2.45, 2.75) is 26.7 Å². The van der Waals surface area contributed by atoms with Gasteiger partial charge in [-0.3, -0.25) is 9.59 Å². The Hall–Kier alpha value is -1.64. The number of ketones is 1. The van der Waals surface area contributed by atoms with Gasteiger partial charge in [0.25, 0.3) is 11.7 Å². The summed E-state index contributed by atoms with van der Waals surface area (Å²) in [5.41, 5.74) is 2.30. The minimum atomic E-state index is -0.524. The van der Waals surface area contributed by atoms with E-state index in [4.69, 9.17) is 0 Å². The number of nitrogens with one attached hydrogen (secondary N) is 1. The summed E-state index contributed by atoms with van der Waals surface area (Å²) >= 11 is 0. The van der Waals surface area contributed by atoms with Gasteiger partial charge in [0.1, 0.15) is 0 Å². The summed E-state index contributed by atoms with van der Waals surface area (Å²) in [6, 6.07) is 5.58. The highest BCUT2D eigenvalue weighted by atomic mass is 16.2. The summed E-state index contributed by atoms with van der Waals surface area (Å²) in [5, 5.41) is 2.59. The Morgan fingerprint density at radius 3 is 2.44 bits per heavy atom. The van der Waals surface area contributed by atoms with Gasteiger partial charge in [-0.05, 0) is 29.5 Å². The van der Waals surface area contributed by atoms with Crippen LogP contribution in [0.4, 0.5) is 5.69 Å². The molecule has 1 aliphatic heterocycles. The third kappa shape index (κ3) is 1.62. The first kappa shape index (κ1) is 10.9. The van der Waals surface area contributed by atoms with Crippen LogP contribution in [0.25, 0.3) is 0 Å². The second-order valence-electron chi connectivity index (χ2n) is 4.62. The SMILES string of the molecule is CC(C)C(C)c1ccc2c(c1)NC(=O)C2=O. The number of hydrogen-bond acceptors (Lipinski definition) is 2. The van der Waals surface area contributed by atoms with Crippen LogP contribution < -0.4 is 5.32 Å². The average Bonchev–Trinajstić information content (AvgIpc) is 2.53. The van der Waals surface area contributed by atoms with E-state index in [1.807, 2.05) is 12.1 Å².